The fourth-order valence-corrected chi connectivity index (χ4v) is 1.29. The van der Waals surface area contributed by atoms with E-state index in [1.807, 2.05) is 0 Å². The van der Waals surface area contributed by atoms with Gasteiger partial charge in [-0.3, -0.25) is 9.59 Å². The molecule has 0 aliphatic carbocycles. The highest BCUT2D eigenvalue weighted by Gasteiger charge is 2.07. The molecule has 0 aliphatic heterocycles. The Kier molecular flexibility index (Phi) is 2.68. The monoisotopic (exact) mass is 219 g/mol. The maximum Gasteiger partial charge on any atom is 0.303 e. The average Bonchev–Trinajstić information content (AvgIpc) is 2.67. The Morgan fingerprint density at radius 1 is 1.56 bits per heavy atom. The third kappa shape index (κ3) is 2.08. The zero-order chi connectivity index (χ0) is 11.5. The van der Waals surface area contributed by atoms with Gasteiger partial charge in [-0.05, 0) is 18.2 Å². The Morgan fingerprint density at radius 2 is 2.38 bits per heavy atom. The SMILES string of the molecule is CC(=O)OCc1nc2ccc(C=O)cc2o1. The lowest BCUT2D eigenvalue weighted by atomic mass is 10.2. The van der Waals surface area contributed by atoms with Crippen LogP contribution in [-0.4, -0.2) is 17.2 Å². The summed E-state index contributed by atoms with van der Waals surface area (Å²) in [5.41, 5.74) is 1.65. The molecule has 0 bridgehead atoms. The van der Waals surface area contributed by atoms with E-state index in [0.717, 1.165) is 6.29 Å². The number of ether oxygens (including phenoxy) is 1. The number of nitrogens with zero attached hydrogens (tertiary/aromatic N) is 1. The molecular weight excluding hydrogens is 210 g/mol. The zero-order valence-corrected chi connectivity index (χ0v) is 8.60. The number of carbonyl (C=O) groups is 2. The van der Waals surface area contributed by atoms with E-state index in [1.54, 1.807) is 18.2 Å². The lowest BCUT2D eigenvalue weighted by Crippen LogP contribution is -1.98. The predicted molar refractivity (Wildman–Crippen MR) is 54.9 cm³/mol. The van der Waals surface area contributed by atoms with E-state index in [0.29, 0.717) is 22.6 Å². The molecule has 2 rings (SSSR count). The second-order valence-corrected chi connectivity index (χ2v) is 3.23. The summed E-state index contributed by atoms with van der Waals surface area (Å²) in [5, 5.41) is 0. The van der Waals surface area contributed by atoms with Gasteiger partial charge in [-0.25, -0.2) is 4.98 Å². The van der Waals surface area contributed by atoms with E-state index in [2.05, 4.69) is 4.98 Å². The van der Waals surface area contributed by atoms with Crippen LogP contribution in [0.25, 0.3) is 11.1 Å². The molecule has 0 fully saturated rings. The van der Waals surface area contributed by atoms with Gasteiger partial charge < -0.3 is 9.15 Å². The molecule has 5 nitrogen and oxygen atoms in total. The minimum absolute atomic E-state index is 0.000432. The molecule has 1 aromatic heterocycles. The van der Waals surface area contributed by atoms with Crippen LogP contribution in [-0.2, 0) is 16.1 Å². The van der Waals surface area contributed by atoms with Crippen LogP contribution in [0.5, 0.6) is 0 Å². The van der Waals surface area contributed by atoms with Crippen LogP contribution in [0, 0.1) is 0 Å². The summed E-state index contributed by atoms with van der Waals surface area (Å²) < 4.78 is 10.1. The third-order valence-electron chi connectivity index (χ3n) is 1.99. The van der Waals surface area contributed by atoms with Gasteiger partial charge in [0.2, 0.25) is 5.89 Å². The van der Waals surface area contributed by atoms with Crippen LogP contribution in [0.2, 0.25) is 0 Å². The number of oxazole rings is 1. The Hall–Kier alpha value is -2.17. The largest absolute Gasteiger partial charge is 0.456 e. The number of rotatable bonds is 3. The lowest BCUT2D eigenvalue weighted by molar-refractivity contribution is -0.142. The molecule has 0 N–H and O–H groups in total. The maximum absolute atomic E-state index is 10.6. The predicted octanol–water partition coefficient (Wildman–Crippen LogP) is 1.70. The Bertz CT molecular complexity index is 544. The Labute approximate surface area is 91.0 Å². The maximum atomic E-state index is 10.6. The van der Waals surface area contributed by atoms with E-state index in [-0.39, 0.29) is 6.61 Å². The molecule has 2 aromatic rings. The van der Waals surface area contributed by atoms with E-state index >= 15 is 0 Å². The Morgan fingerprint density at radius 3 is 3.06 bits per heavy atom. The molecule has 0 amide bonds. The highest BCUT2D eigenvalue weighted by molar-refractivity contribution is 5.83. The molecule has 16 heavy (non-hydrogen) atoms. The van der Waals surface area contributed by atoms with Crippen LogP contribution >= 0.6 is 0 Å². The lowest BCUT2D eigenvalue weighted by Gasteiger charge is -1.94. The quantitative estimate of drug-likeness (QED) is 0.580. The van der Waals surface area contributed by atoms with Gasteiger partial charge in [-0.15, -0.1) is 0 Å². The molecule has 82 valence electrons. The molecule has 0 saturated heterocycles. The van der Waals surface area contributed by atoms with Crippen LogP contribution in [0.15, 0.2) is 22.6 Å². The minimum Gasteiger partial charge on any atom is -0.456 e. The second-order valence-electron chi connectivity index (χ2n) is 3.23. The first kappa shape index (κ1) is 10.4. The van der Waals surface area contributed by atoms with Gasteiger partial charge in [-0.2, -0.15) is 0 Å². The number of esters is 1. The van der Waals surface area contributed by atoms with E-state index in [4.69, 9.17) is 9.15 Å². The molecule has 0 unspecified atom stereocenters. The highest BCUT2D eigenvalue weighted by Crippen LogP contribution is 2.17. The Balaban J connectivity index is 2.29. The van der Waals surface area contributed by atoms with Gasteiger partial charge in [0.1, 0.15) is 11.8 Å². The smallest absolute Gasteiger partial charge is 0.303 e. The molecule has 1 aromatic carbocycles. The standard InChI is InChI=1S/C11H9NO4/c1-7(14)15-6-11-12-9-3-2-8(5-13)4-10(9)16-11/h2-5H,6H2,1H3. The molecule has 0 atom stereocenters. The number of fused-ring (bicyclic) bond motifs is 1. The number of carbonyl (C=O) groups excluding carboxylic acids is 2. The van der Waals surface area contributed by atoms with Crippen molar-refractivity contribution in [3.8, 4) is 0 Å². The first-order valence-electron chi connectivity index (χ1n) is 4.67. The third-order valence-corrected chi connectivity index (χ3v) is 1.99. The van der Waals surface area contributed by atoms with E-state index < -0.39 is 5.97 Å². The normalized spacial score (nSPS) is 10.3. The first-order valence-corrected chi connectivity index (χ1v) is 4.67. The molecule has 0 saturated carbocycles. The van der Waals surface area contributed by atoms with Crippen molar-refractivity contribution in [3.05, 3.63) is 29.7 Å². The molecular formula is C11H9NO4. The second kappa shape index (κ2) is 4.14. The summed E-state index contributed by atoms with van der Waals surface area (Å²) in [6.45, 7) is 1.31. The van der Waals surface area contributed by atoms with Crippen molar-refractivity contribution in [1.82, 2.24) is 4.98 Å². The topological polar surface area (TPSA) is 69.4 Å². The van der Waals surface area contributed by atoms with Crippen LogP contribution in [0.4, 0.5) is 0 Å². The molecule has 0 aliphatic rings. The van der Waals surface area contributed by atoms with Crippen molar-refractivity contribution in [1.29, 1.82) is 0 Å². The fourth-order valence-electron chi connectivity index (χ4n) is 1.29. The fraction of sp³-hybridized carbons (Fsp3) is 0.182. The number of hydrogen-bond donors (Lipinski definition) is 0. The summed E-state index contributed by atoms with van der Waals surface area (Å²) in [4.78, 5) is 25.2. The summed E-state index contributed by atoms with van der Waals surface area (Å²) in [6.07, 6.45) is 0.730. The van der Waals surface area contributed by atoms with Crippen molar-refractivity contribution in [3.63, 3.8) is 0 Å². The van der Waals surface area contributed by atoms with Crippen molar-refractivity contribution in [2.75, 3.05) is 0 Å². The van der Waals surface area contributed by atoms with Crippen molar-refractivity contribution in [2.45, 2.75) is 13.5 Å². The summed E-state index contributed by atoms with van der Waals surface area (Å²) >= 11 is 0. The van der Waals surface area contributed by atoms with Crippen LogP contribution in [0.1, 0.15) is 23.2 Å². The van der Waals surface area contributed by atoms with E-state index in [9.17, 15) is 9.59 Å². The van der Waals surface area contributed by atoms with Gasteiger partial charge in [0.05, 0.1) is 0 Å². The van der Waals surface area contributed by atoms with Gasteiger partial charge in [0.25, 0.3) is 0 Å². The number of benzene rings is 1. The zero-order valence-electron chi connectivity index (χ0n) is 8.60. The van der Waals surface area contributed by atoms with E-state index in [1.165, 1.54) is 6.92 Å². The molecule has 0 spiro atoms. The van der Waals surface area contributed by atoms with Crippen LogP contribution in [0.3, 0.4) is 0 Å². The number of hydrogen-bond acceptors (Lipinski definition) is 5. The first-order chi connectivity index (χ1) is 7.69. The highest BCUT2D eigenvalue weighted by atomic mass is 16.5. The van der Waals surface area contributed by atoms with Gasteiger partial charge in [-0.1, -0.05) is 0 Å². The van der Waals surface area contributed by atoms with Crippen molar-refractivity contribution >= 4 is 23.4 Å². The van der Waals surface area contributed by atoms with Crippen molar-refractivity contribution in [2.24, 2.45) is 0 Å². The molecule has 1 heterocycles. The van der Waals surface area contributed by atoms with Gasteiger partial charge in [0.15, 0.2) is 12.2 Å². The minimum atomic E-state index is -0.393. The van der Waals surface area contributed by atoms with Gasteiger partial charge >= 0.3 is 5.97 Å². The van der Waals surface area contributed by atoms with Crippen molar-refractivity contribution < 1.29 is 18.7 Å². The molecule has 5 heteroatoms. The summed E-state index contributed by atoms with van der Waals surface area (Å²) in [6, 6.07) is 4.92. The van der Waals surface area contributed by atoms with Crippen LogP contribution < -0.4 is 0 Å². The summed E-state index contributed by atoms with van der Waals surface area (Å²) in [7, 11) is 0. The van der Waals surface area contributed by atoms with Gasteiger partial charge in [0, 0.05) is 12.5 Å². The number of aromatic nitrogens is 1. The average molecular weight is 219 g/mol. The number of aldehydes is 1. The molecule has 0 radical (unpaired) electrons. The summed E-state index contributed by atoms with van der Waals surface area (Å²) in [5.74, 6) is -0.0796.